The molecule has 0 fully saturated rings. The van der Waals surface area contributed by atoms with E-state index in [1.54, 1.807) is 18.9 Å². The number of carbonyl (C=O) groups excluding carboxylic acids is 1. The summed E-state index contributed by atoms with van der Waals surface area (Å²) in [7, 11) is 3.22. The van der Waals surface area contributed by atoms with E-state index in [-0.39, 0.29) is 5.91 Å². The molecule has 1 amide bonds. The molecule has 29 heavy (non-hydrogen) atoms. The van der Waals surface area contributed by atoms with Crippen LogP contribution < -0.4 is 14.8 Å². The number of methoxy groups -OCH3 is 2. The van der Waals surface area contributed by atoms with Gasteiger partial charge in [0.2, 0.25) is 0 Å². The maximum absolute atomic E-state index is 12.8. The third-order valence-electron chi connectivity index (χ3n) is 4.67. The zero-order valence-electron chi connectivity index (χ0n) is 17.1. The van der Waals surface area contributed by atoms with Gasteiger partial charge in [0, 0.05) is 24.7 Å². The van der Waals surface area contributed by atoms with Gasteiger partial charge in [-0.15, -0.1) is 0 Å². The monoisotopic (exact) mass is 393 g/mol. The molecule has 0 radical (unpaired) electrons. The largest absolute Gasteiger partial charge is 0.497 e. The predicted molar refractivity (Wildman–Crippen MR) is 114 cm³/mol. The molecule has 0 aliphatic heterocycles. The van der Waals surface area contributed by atoms with E-state index < -0.39 is 0 Å². The highest BCUT2D eigenvalue weighted by Gasteiger charge is 2.18. The van der Waals surface area contributed by atoms with Gasteiger partial charge in [0.15, 0.2) is 0 Å². The average Bonchev–Trinajstić information content (AvgIpc) is 3.18. The molecule has 3 aromatic rings. The van der Waals surface area contributed by atoms with Crippen LogP contribution in [-0.4, -0.2) is 36.5 Å². The van der Waals surface area contributed by atoms with Gasteiger partial charge in [-0.05, 0) is 36.6 Å². The Morgan fingerprint density at radius 3 is 2.55 bits per heavy atom. The lowest BCUT2D eigenvalue weighted by Crippen LogP contribution is -2.28. The van der Waals surface area contributed by atoms with Crippen LogP contribution in [0.5, 0.6) is 11.5 Å². The van der Waals surface area contributed by atoms with Gasteiger partial charge in [-0.25, -0.2) is 0 Å². The van der Waals surface area contributed by atoms with Crippen molar-refractivity contribution >= 4 is 5.91 Å². The highest BCUT2D eigenvalue weighted by atomic mass is 16.5. The van der Waals surface area contributed by atoms with E-state index in [0.717, 1.165) is 18.4 Å². The minimum Gasteiger partial charge on any atom is -0.497 e. The number of hydrogen-bond donors (Lipinski definition) is 1. The predicted octanol–water partition coefficient (Wildman–Crippen LogP) is 3.95. The summed E-state index contributed by atoms with van der Waals surface area (Å²) in [6.45, 7) is 3.30. The first kappa shape index (κ1) is 20.5. The van der Waals surface area contributed by atoms with E-state index in [1.165, 1.54) is 5.56 Å². The molecule has 0 aliphatic rings. The number of nitrogens with one attached hydrogen (secondary N) is 1. The Balaban J connectivity index is 1.80. The molecule has 0 atom stereocenters. The smallest absolute Gasteiger partial charge is 0.269 e. The molecule has 6 nitrogen and oxygen atoms in total. The fourth-order valence-corrected chi connectivity index (χ4v) is 3.18. The molecule has 0 aliphatic carbocycles. The summed E-state index contributed by atoms with van der Waals surface area (Å²) in [5.74, 6) is 1.24. The molecule has 0 spiro atoms. The molecule has 1 N–H and O–H groups in total. The quantitative estimate of drug-likeness (QED) is 0.598. The third-order valence-corrected chi connectivity index (χ3v) is 4.67. The van der Waals surface area contributed by atoms with Gasteiger partial charge in [-0.3, -0.25) is 9.48 Å². The van der Waals surface area contributed by atoms with Crippen molar-refractivity contribution in [3.63, 3.8) is 0 Å². The van der Waals surface area contributed by atoms with E-state index in [1.807, 2.05) is 42.5 Å². The van der Waals surface area contributed by atoms with Crippen molar-refractivity contribution in [3.05, 3.63) is 65.9 Å². The van der Waals surface area contributed by atoms with Crippen LogP contribution >= 0.6 is 0 Å². The summed E-state index contributed by atoms with van der Waals surface area (Å²) in [4.78, 5) is 12.8. The highest BCUT2D eigenvalue weighted by Crippen LogP contribution is 2.33. The van der Waals surface area contributed by atoms with E-state index in [4.69, 9.17) is 9.47 Å². The number of hydrogen-bond acceptors (Lipinski definition) is 4. The van der Waals surface area contributed by atoms with Gasteiger partial charge in [0.1, 0.15) is 17.2 Å². The van der Waals surface area contributed by atoms with Gasteiger partial charge in [0.05, 0.1) is 19.9 Å². The zero-order chi connectivity index (χ0) is 20.6. The lowest BCUT2D eigenvalue weighted by atomic mass is 10.1. The summed E-state index contributed by atoms with van der Waals surface area (Å²) in [5.41, 5.74) is 3.26. The third kappa shape index (κ3) is 4.96. The second-order valence-corrected chi connectivity index (χ2v) is 6.70. The van der Waals surface area contributed by atoms with Gasteiger partial charge < -0.3 is 14.8 Å². The summed E-state index contributed by atoms with van der Waals surface area (Å²) < 4.78 is 12.5. The van der Waals surface area contributed by atoms with E-state index in [2.05, 4.69) is 29.5 Å². The number of rotatable bonds is 9. The Labute approximate surface area is 171 Å². The normalized spacial score (nSPS) is 10.6. The topological polar surface area (TPSA) is 65.4 Å². The Kier molecular flexibility index (Phi) is 6.89. The maximum atomic E-state index is 12.8. The Bertz CT molecular complexity index is 951. The van der Waals surface area contributed by atoms with Crippen molar-refractivity contribution in [2.24, 2.45) is 0 Å². The molecule has 3 rings (SSSR count). The van der Waals surface area contributed by atoms with Crippen LogP contribution in [0.4, 0.5) is 0 Å². The average molecular weight is 393 g/mol. The Morgan fingerprint density at radius 1 is 1.07 bits per heavy atom. The fourth-order valence-electron chi connectivity index (χ4n) is 3.18. The van der Waals surface area contributed by atoms with Gasteiger partial charge in [-0.1, -0.05) is 37.3 Å². The molecular weight excluding hydrogens is 366 g/mol. The number of carbonyl (C=O) groups is 1. The second-order valence-electron chi connectivity index (χ2n) is 6.70. The minimum absolute atomic E-state index is 0.124. The molecule has 6 heteroatoms. The van der Waals surface area contributed by atoms with Crippen LogP contribution in [0.15, 0.2) is 54.6 Å². The van der Waals surface area contributed by atoms with Crippen molar-refractivity contribution in [1.82, 2.24) is 15.1 Å². The van der Waals surface area contributed by atoms with Crippen molar-refractivity contribution in [1.29, 1.82) is 0 Å². The minimum atomic E-state index is -0.124. The number of aromatic nitrogens is 2. The molecule has 152 valence electrons. The maximum Gasteiger partial charge on any atom is 0.269 e. The van der Waals surface area contributed by atoms with E-state index in [9.17, 15) is 4.79 Å². The standard InChI is InChI=1S/C23H27N3O3/c1-4-14-26-21(23(27)24-13-12-17-8-6-5-7-9-17)16-20(25-26)19-11-10-18(28-2)15-22(19)29-3/h5-11,15-16H,4,12-14H2,1-3H3,(H,24,27). The number of benzene rings is 2. The first-order valence-corrected chi connectivity index (χ1v) is 9.78. The van der Waals surface area contributed by atoms with Crippen LogP contribution in [0.3, 0.4) is 0 Å². The Morgan fingerprint density at radius 2 is 1.86 bits per heavy atom. The summed E-state index contributed by atoms with van der Waals surface area (Å²) in [6, 6.07) is 17.5. The van der Waals surface area contributed by atoms with Gasteiger partial charge >= 0.3 is 0 Å². The summed E-state index contributed by atoms with van der Waals surface area (Å²) in [6.07, 6.45) is 1.67. The number of ether oxygens (including phenoxy) is 2. The summed E-state index contributed by atoms with van der Waals surface area (Å²) in [5, 5.41) is 7.66. The van der Waals surface area contributed by atoms with E-state index in [0.29, 0.717) is 36.0 Å². The van der Waals surface area contributed by atoms with Crippen LogP contribution in [-0.2, 0) is 13.0 Å². The molecular formula is C23H27N3O3. The highest BCUT2D eigenvalue weighted by molar-refractivity contribution is 5.94. The van der Waals surface area contributed by atoms with Gasteiger partial charge in [-0.2, -0.15) is 5.10 Å². The molecule has 2 aromatic carbocycles. The van der Waals surface area contributed by atoms with Crippen molar-refractivity contribution < 1.29 is 14.3 Å². The lowest BCUT2D eigenvalue weighted by Gasteiger charge is -2.08. The number of amides is 1. The van der Waals surface area contributed by atoms with E-state index >= 15 is 0 Å². The first-order chi connectivity index (χ1) is 14.2. The SMILES string of the molecule is CCCn1nc(-c2ccc(OC)cc2OC)cc1C(=O)NCCc1ccccc1. The lowest BCUT2D eigenvalue weighted by molar-refractivity contribution is 0.0943. The van der Waals surface area contributed by atoms with Crippen molar-refractivity contribution in [2.75, 3.05) is 20.8 Å². The molecule has 0 unspecified atom stereocenters. The zero-order valence-corrected chi connectivity index (χ0v) is 17.1. The van der Waals surface area contributed by atoms with Crippen LogP contribution in [0.1, 0.15) is 29.4 Å². The Hall–Kier alpha value is -3.28. The summed E-state index contributed by atoms with van der Waals surface area (Å²) >= 11 is 0. The second kappa shape index (κ2) is 9.78. The van der Waals surface area contributed by atoms with Crippen LogP contribution in [0, 0.1) is 0 Å². The van der Waals surface area contributed by atoms with Gasteiger partial charge in [0.25, 0.3) is 5.91 Å². The molecule has 1 aromatic heterocycles. The molecule has 0 bridgehead atoms. The van der Waals surface area contributed by atoms with Crippen LogP contribution in [0.25, 0.3) is 11.3 Å². The molecule has 0 saturated heterocycles. The number of nitrogens with zero attached hydrogens (tertiary/aromatic N) is 2. The van der Waals surface area contributed by atoms with Crippen LogP contribution in [0.2, 0.25) is 0 Å². The fraction of sp³-hybridized carbons (Fsp3) is 0.304. The molecule has 0 saturated carbocycles. The first-order valence-electron chi connectivity index (χ1n) is 9.78. The van der Waals surface area contributed by atoms with Crippen molar-refractivity contribution in [3.8, 4) is 22.8 Å². The van der Waals surface area contributed by atoms with Crippen molar-refractivity contribution in [2.45, 2.75) is 26.3 Å². The molecule has 1 heterocycles. The number of aryl methyl sites for hydroxylation is 1.